The molecule has 2 nitrogen and oxygen atoms in total. The highest BCUT2D eigenvalue weighted by Crippen LogP contribution is 2.27. The van der Waals surface area contributed by atoms with Gasteiger partial charge in [0, 0.05) is 17.6 Å². The lowest BCUT2D eigenvalue weighted by atomic mass is 10.3. The van der Waals surface area contributed by atoms with Gasteiger partial charge in [-0.25, -0.2) is 0 Å². The van der Waals surface area contributed by atoms with Gasteiger partial charge in [0.15, 0.2) is 0 Å². The van der Waals surface area contributed by atoms with Crippen molar-refractivity contribution in [1.82, 2.24) is 4.90 Å². The van der Waals surface area contributed by atoms with Crippen molar-refractivity contribution in [1.29, 1.82) is 0 Å². The van der Waals surface area contributed by atoms with E-state index in [0.717, 1.165) is 26.1 Å². The second-order valence-electron chi connectivity index (χ2n) is 3.80. The first-order chi connectivity index (χ1) is 8.17. The normalized spacial score (nSPS) is 10.9. The molecule has 1 aromatic carbocycles. The lowest BCUT2D eigenvalue weighted by Crippen LogP contribution is -2.25. The third-order valence-electron chi connectivity index (χ3n) is 2.66. The van der Waals surface area contributed by atoms with Gasteiger partial charge in [-0.05, 0) is 31.6 Å². The first kappa shape index (κ1) is 14.6. The first-order valence-electron chi connectivity index (χ1n) is 5.97. The smallest absolute Gasteiger partial charge is 0.139 e. The van der Waals surface area contributed by atoms with E-state index in [1.807, 2.05) is 0 Å². The van der Waals surface area contributed by atoms with Gasteiger partial charge < -0.3 is 9.64 Å². The van der Waals surface area contributed by atoms with Crippen molar-refractivity contribution in [3.8, 4) is 5.75 Å². The molecular formula is C13H19Cl2NO. The Kier molecular flexibility index (Phi) is 6.71. The quantitative estimate of drug-likeness (QED) is 0.695. The van der Waals surface area contributed by atoms with E-state index >= 15 is 0 Å². The van der Waals surface area contributed by atoms with E-state index in [1.54, 1.807) is 18.2 Å². The Hall–Kier alpha value is -0.440. The van der Waals surface area contributed by atoms with Crippen molar-refractivity contribution >= 4 is 23.2 Å². The van der Waals surface area contributed by atoms with Crippen LogP contribution in [0.1, 0.15) is 20.3 Å². The van der Waals surface area contributed by atoms with Gasteiger partial charge in [0.25, 0.3) is 0 Å². The zero-order valence-electron chi connectivity index (χ0n) is 10.4. The fraction of sp³-hybridized carbons (Fsp3) is 0.538. The van der Waals surface area contributed by atoms with Crippen LogP contribution in [-0.4, -0.2) is 31.1 Å². The molecule has 0 radical (unpaired) electrons. The molecule has 0 aliphatic heterocycles. The predicted molar refractivity (Wildman–Crippen MR) is 74.4 cm³/mol. The van der Waals surface area contributed by atoms with Crippen LogP contribution in [0.3, 0.4) is 0 Å². The van der Waals surface area contributed by atoms with E-state index in [2.05, 4.69) is 18.7 Å². The molecule has 0 heterocycles. The van der Waals surface area contributed by atoms with Crippen LogP contribution in [0.15, 0.2) is 18.2 Å². The number of hydrogen-bond acceptors (Lipinski definition) is 2. The van der Waals surface area contributed by atoms with Gasteiger partial charge in [-0.15, -0.1) is 0 Å². The Morgan fingerprint density at radius 3 is 2.53 bits per heavy atom. The van der Waals surface area contributed by atoms with Gasteiger partial charge in [-0.1, -0.05) is 37.0 Å². The maximum Gasteiger partial charge on any atom is 0.139 e. The average molecular weight is 276 g/mol. The minimum absolute atomic E-state index is 0.609. The summed E-state index contributed by atoms with van der Waals surface area (Å²) < 4.78 is 5.61. The van der Waals surface area contributed by atoms with Crippen LogP contribution in [0.25, 0.3) is 0 Å². The molecule has 17 heavy (non-hydrogen) atoms. The number of halogens is 2. The fourth-order valence-electron chi connectivity index (χ4n) is 1.60. The van der Waals surface area contributed by atoms with E-state index in [-0.39, 0.29) is 0 Å². The summed E-state index contributed by atoms with van der Waals surface area (Å²) in [5, 5.41) is 1.25. The molecule has 1 rings (SSSR count). The molecule has 0 N–H and O–H groups in total. The van der Waals surface area contributed by atoms with Gasteiger partial charge in [0.2, 0.25) is 0 Å². The topological polar surface area (TPSA) is 12.5 Å². The molecule has 0 aliphatic carbocycles. The SMILES string of the molecule is CCN(CC)CCCOc1cc(Cl)ccc1Cl. The van der Waals surface area contributed by atoms with Crippen LogP contribution in [0.5, 0.6) is 5.75 Å². The number of rotatable bonds is 7. The molecule has 0 fully saturated rings. The molecule has 96 valence electrons. The van der Waals surface area contributed by atoms with E-state index in [0.29, 0.717) is 22.4 Å². The average Bonchev–Trinajstić information content (AvgIpc) is 2.33. The number of nitrogens with zero attached hydrogens (tertiary/aromatic N) is 1. The highest BCUT2D eigenvalue weighted by Gasteiger charge is 2.03. The Morgan fingerprint density at radius 2 is 1.88 bits per heavy atom. The standard InChI is InChI=1S/C13H19Cl2NO/c1-3-16(4-2)8-5-9-17-13-10-11(14)6-7-12(13)15/h6-7,10H,3-5,8-9H2,1-2H3. The minimum Gasteiger partial charge on any atom is -0.492 e. The molecule has 0 aliphatic rings. The van der Waals surface area contributed by atoms with E-state index in [1.165, 1.54) is 0 Å². The number of benzene rings is 1. The largest absolute Gasteiger partial charge is 0.492 e. The Morgan fingerprint density at radius 1 is 1.18 bits per heavy atom. The van der Waals surface area contributed by atoms with Crippen molar-refractivity contribution < 1.29 is 4.74 Å². The van der Waals surface area contributed by atoms with Crippen LogP contribution in [0.4, 0.5) is 0 Å². The first-order valence-corrected chi connectivity index (χ1v) is 6.73. The third kappa shape index (κ3) is 5.15. The lowest BCUT2D eigenvalue weighted by molar-refractivity contribution is 0.249. The van der Waals surface area contributed by atoms with Gasteiger partial charge in [0.05, 0.1) is 11.6 Å². The van der Waals surface area contributed by atoms with Crippen LogP contribution in [0, 0.1) is 0 Å². The summed E-state index contributed by atoms with van der Waals surface area (Å²) in [5.41, 5.74) is 0. The Labute approximate surface area is 113 Å². The minimum atomic E-state index is 0.609. The second kappa shape index (κ2) is 7.80. The van der Waals surface area contributed by atoms with E-state index < -0.39 is 0 Å². The molecule has 0 saturated carbocycles. The molecule has 0 saturated heterocycles. The Balaban J connectivity index is 2.33. The fourth-order valence-corrected chi connectivity index (χ4v) is 1.93. The van der Waals surface area contributed by atoms with Crippen molar-refractivity contribution in [3.05, 3.63) is 28.2 Å². The zero-order valence-corrected chi connectivity index (χ0v) is 11.9. The monoisotopic (exact) mass is 275 g/mol. The molecule has 0 atom stereocenters. The molecular weight excluding hydrogens is 257 g/mol. The molecule has 0 aromatic heterocycles. The van der Waals surface area contributed by atoms with Crippen molar-refractivity contribution in [2.24, 2.45) is 0 Å². The summed E-state index contributed by atoms with van der Waals surface area (Å²) in [6.45, 7) is 8.20. The van der Waals surface area contributed by atoms with Gasteiger partial charge >= 0.3 is 0 Å². The molecule has 4 heteroatoms. The number of ether oxygens (including phenoxy) is 1. The van der Waals surface area contributed by atoms with Gasteiger partial charge in [0.1, 0.15) is 5.75 Å². The molecule has 0 unspecified atom stereocenters. The summed E-state index contributed by atoms with van der Waals surface area (Å²) in [6.07, 6.45) is 0.991. The summed E-state index contributed by atoms with van der Waals surface area (Å²) in [5.74, 6) is 0.665. The van der Waals surface area contributed by atoms with E-state index in [4.69, 9.17) is 27.9 Å². The molecule has 1 aromatic rings. The summed E-state index contributed by atoms with van der Waals surface area (Å²) in [4.78, 5) is 2.36. The lowest BCUT2D eigenvalue weighted by Gasteiger charge is -2.17. The molecule has 0 bridgehead atoms. The predicted octanol–water partition coefficient (Wildman–Crippen LogP) is 4.10. The third-order valence-corrected chi connectivity index (χ3v) is 3.21. The Bertz CT molecular complexity index is 340. The van der Waals surface area contributed by atoms with Gasteiger partial charge in [-0.3, -0.25) is 0 Å². The molecule has 0 amide bonds. The van der Waals surface area contributed by atoms with Gasteiger partial charge in [-0.2, -0.15) is 0 Å². The summed E-state index contributed by atoms with van der Waals surface area (Å²) in [7, 11) is 0. The van der Waals surface area contributed by atoms with Crippen molar-refractivity contribution in [3.63, 3.8) is 0 Å². The maximum atomic E-state index is 6.00. The van der Waals surface area contributed by atoms with Crippen molar-refractivity contribution in [2.45, 2.75) is 20.3 Å². The van der Waals surface area contributed by atoms with Crippen LogP contribution in [0.2, 0.25) is 10.0 Å². The van der Waals surface area contributed by atoms with Crippen LogP contribution < -0.4 is 4.74 Å². The van der Waals surface area contributed by atoms with Crippen molar-refractivity contribution in [2.75, 3.05) is 26.2 Å². The second-order valence-corrected chi connectivity index (χ2v) is 4.65. The molecule has 0 spiro atoms. The number of hydrogen-bond donors (Lipinski definition) is 0. The van der Waals surface area contributed by atoms with Crippen LogP contribution >= 0.6 is 23.2 Å². The maximum absolute atomic E-state index is 6.00. The summed E-state index contributed by atoms with van der Waals surface area (Å²) >= 11 is 11.9. The highest BCUT2D eigenvalue weighted by molar-refractivity contribution is 6.34. The summed E-state index contributed by atoms with van der Waals surface area (Å²) in [6, 6.07) is 5.26. The highest BCUT2D eigenvalue weighted by atomic mass is 35.5. The zero-order chi connectivity index (χ0) is 12.7. The van der Waals surface area contributed by atoms with Crippen LogP contribution in [-0.2, 0) is 0 Å². The van der Waals surface area contributed by atoms with E-state index in [9.17, 15) is 0 Å².